The van der Waals surface area contributed by atoms with Gasteiger partial charge >= 0.3 is 0 Å². The molecule has 0 atom stereocenters. The SMILES string of the molecule is CN(CC(C)(C)CN)c1ncccc1Cl. The summed E-state index contributed by atoms with van der Waals surface area (Å²) in [7, 11) is 1.98. The van der Waals surface area contributed by atoms with Gasteiger partial charge in [-0.25, -0.2) is 4.98 Å². The molecule has 0 saturated heterocycles. The highest BCUT2D eigenvalue weighted by molar-refractivity contribution is 6.32. The summed E-state index contributed by atoms with van der Waals surface area (Å²) in [6, 6.07) is 3.67. The quantitative estimate of drug-likeness (QED) is 0.857. The number of pyridine rings is 1. The number of halogens is 1. The third-order valence-electron chi connectivity index (χ3n) is 2.32. The van der Waals surface area contributed by atoms with Crippen LogP contribution >= 0.6 is 11.6 Å². The highest BCUT2D eigenvalue weighted by atomic mass is 35.5. The second-order valence-corrected chi connectivity index (χ2v) is 4.94. The Morgan fingerprint density at radius 3 is 2.73 bits per heavy atom. The summed E-state index contributed by atoms with van der Waals surface area (Å²) < 4.78 is 0. The molecule has 3 nitrogen and oxygen atoms in total. The topological polar surface area (TPSA) is 42.1 Å². The second kappa shape index (κ2) is 4.81. The van der Waals surface area contributed by atoms with E-state index in [1.807, 2.05) is 24.1 Å². The van der Waals surface area contributed by atoms with Gasteiger partial charge in [-0.2, -0.15) is 0 Å². The lowest BCUT2D eigenvalue weighted by atomic mass is 9.93. The van der Waals surface area contributed by atoms with Crippen LogP contribution in [0.1, 0.15) is 13.8 Å². The lowest BCUT2D eigenvalue weighted by Gasteiger charge is -2.30. The maximum absolute atomic E-state index is 6.06. The van der Waals surface area contributed by atoms with Crippen molar-refractivity contribution in [3.8, 4) is 0 Å². The van der Waals surface area contributed by atoms with Gasteiger partial charge in [0.1, 0.15) is 5.82 Å². The van der Waals surface area contributed by atoms with Crippen molar-refractivity contribution in [2.24, 2.45) is 11.1 Å². The van der Waals surface area contributed by atoms with E-state index in [-0.39, 0.29) is 5.41 Å². The van der Waals surface area contributed by atoms with Crippen LogP contribution in [0.2, 0.25) is 5.02 Å². The number of rotatable bonds is 4. The van der Waals surface area contributed by atoms with Gasteiger partial charge in [-0.15, -0.1) is 0 Å². The summed E-state index contributed by atoms with van der Waals surface area (Å²) in [5.41, 5.74) is 5.76. The fourth-order valence-electron chi connectivity index (χ4n) is 1.44. The van der Waals surface area contributed by atoms with E-state index in [0.29, 0.717) is 11.6 Å². The monoisotopic (exact) mass is 227 g/mol. The molecule has 0 radical (unpaired) electrons. The first-order valence-electron chi connectivity index (χ1n) is 4.98. The number of hydrogen-bond donors (Lipinski definition) is 1. The molecule has 0 fully saturated rings. The van der Waals surface area contributed by atoms with Gasteiger partial charge in [-0.3, -0.25) is 0 Å². The van der Waals surface area contributed by atoms with Crippen molar-refractivity contribution in [3.05, 3.63) is 23.4 Å². The molecule has 0 unspecified atom stereocenters. The molecule has 0 bridgehead atoms. The molecule has 0 spiro atoms. The summed E-state index contributed by atoms with van der Waals surface area (Å²) in [5.74, 6) is 0.806. The summed E-state index contributed by atoms with van der Waals surface area (Å²) in [6.45, 7) is 5.72. The molecular formula is C11H18ClN3. The molecule has 0 aliphatic heterocycles. The lowest BCUT2D eigenvalue weighted by molar-refractivity contribution is 0.384. The van der Waals surface area contributed by atoms with E-state index in [2.05, 4.69) is 18.8 Å². The van der Waals surface area contributed by atoms with E-state index in [1.165, 1.54) is 0 Å². The average Bonchev–Trinajstić information content (AvgIpc) is 2.17. The van der Waals surface area contributed by atoms with Gasteiger partial charge in [0.15, 0.2) is 0 Å². The number of nitrogens with zero attached hydrogens (tertiary/aromatic N) is 2. The third-order valence-corrected chi connectivity index (χ3v) is 2.61. The predicted molar refractivity (Wildman–Crippen MR) is 65.4 cm³/mol. The van der Waals surface area contributed by atoms with Crippen LogP contribution in [0.25, 0.3) is 0 Å². The Balaban J connectivity index is 2.78. The predicted octanol–water partition coefficient (Wildman–Crippen LogP) is 2.16. The van der Waals surface area contributed by atoms with E-state index in [0.717, 1.165) is 12.4 Å². The minimum Gasteiger partial charge on any atom is -0.358 e. The molecule has 1 aromatic heterocycles. The maximum Gasteiger partial charge on any atom is 0.147 e. The number of hydrogen-bond acceptors (Lipinski definition) is 3. The van der Waals surface area contributed by atoms with E-state index < -0.39 is 0 Å². The van der Waals surface area contributed by atoms with Crippen LogP contribution in [0, 0.1) is 5.41 Å². The first-order valence-corrected chi connectivity index (χ1v) is 5.36. The fourth-order valence-corrected chi connectivity index (χ4v) is 1.71. The van der Waals surface area contributed by atoms with Crippen molar-refractivity contribution >= 4 is 17.4 Å². The average molecular weight is 228 g/mol. The zero-order valence-corrected chi connectivity index (χ0v) is 10.3. The first-order chi connectivity index (χ1) is 6.96. The van der Waals surface area contributed by atoms with Gasteiger partial charge in [0.2, 0.25) is 0 Å². The number of nitrogens with two attached hydrogens (primary N) is 1. The molecule has 15 heavy (non-hydrogen) atoms. The van der Waals surface area contributed by atoms with Crippen LogP contribution in [-0.2, 0) is 0 Å². The van der Waals surface area contributed by atoms with Crippen LogP contribution in [-0.4, -0.2) is 25.1 Å². The molecule has 0 aromatic carbocycles. The minimum absolute atomic E-state index is 0.0651. The molecule has 0 amide bonds. The fraction of sp³-hybridized carbons (Fsp3) is 0.545. The van der Waals surface area contributed by atoms with E-state index in [1.54, 1.807) is 6.20 Å². The van der Waals surface area contributed by atoms with Crippen LogP contribution in [0.3, 0.4) is 0 Å². The Labute approximate surface area is 96.2 Å². The summed E-state index contributed by atoms with van der Waals surface area (Å²) in [4.78, 5) is 6.29. The van der Waals surface area contributed by atoms with Crippen LogP contribution in [0.5, 0.6) is 0 Å². The molecule has 1 aromatic rings. The minimum atomic E-state index is 0.0651. The summed E-state index contributed by atoms with van der Waals surface area (Å²) >= 11 is 6.06. The smallest absolute Gasteiger partial charge is 0.147 e. The van der Waals surface area contributed by atoms with Gasteiger partial charge in [-0.05, 0) is 24.1 Å². The second-order valence-electron chi connectivity index (χ2n) is 4.53. The lowest BCUT2D eigenvalue weighted by Crippen LogP contribution is -2.37. The van der Waals surface area contributed by atoms with Crippen molar-refractivity contribution in [2.75, 3.05) is 25.0 Å². The van der Waals surface area contributed by atoms with E-state index in [4.69, 9.17) is 17.3 Å². The van der Waals surface area contributed by atoms with Gasteiger partial charge in [0.25, 0.3) is 0 Å². The van der Waals surface area contributed by atoms with Crippen molar-refractivity contribution in [2.45, 2.75) is 13.8 Å². The Bertz CT molecular complexity index is 325. The van der Waals surface area contributed by atoms with Crippen LogP contribution in [0.4, 0.5) is 5.82 Å². The van der Waals surface area contributed by atoms with Crippen molar-refractivity contribution in [1.29, 1.82) is 0 Å². The highest BCUT2D eigenvalue weighted by Gasteiger charge is 2.19. The molecule has 2 N–H and O–H groups in total. The molecule has 0 saturated carbocycles. The van der Waals surface area contributed by atoms with Gasteiger partial charge in [0.05, 0.1) is 5.02 Å². The largest absolute Gasteiger partial charge is 0.358 e. The highest BCUT2D eigenvalue weighted by Crippen LogP contribution is 2.24. The molecule has 0 aliphatic carbocycles. The zero-order chi connectivity index (χ0) is 11.5. The van der Waals surface area contributed by atoms with Gasteiger partial charge in [0, 0.05) is 19.8 Å². The van der Waals surface area contributed by atoms with Crippen molar-refractivity contribution in [1.82, 2.24) is 4.98 Å². The van der Waals surface area contributed by atoms with Gasteiger partial charge in [-0.1, -0.05) is 25.4 Å². The molecule has 4 heteroatoms. The van der Waals surface area contributed by atoms with Crippen molar-refractivity contribution in [3.63, 3.8) is 0 Å². The Hall–Kier alpha value is -0.800. The van der Waals surface area contributed by atoms with E-state index >= 15 is 0 Å². The van der Waals surface area contributed by atoms with E-state index in [9.17, 15) is 0 Å². The van der Waals surface area contributed by atoms with Crippen LogP contribution < -0.4 is 10.6 Å². The molecule has 1 rings (SSSR count). The molecule has 0 aliphatic rings. The van der Waals surface area contributed by atoms with Crippen LogP contribution in [0.15, 0.2) is 18.3 Å². The third kappa shape index (κ3) is 3.36. The Morgan fingerprint density at radius 2 is 2.20 bits per heavy atom. The maximum atomic E-state index is 6.06. The first kappa shape index (κ1) is 12.3. The Morgan fingerprint density at radius 1 is 1.53 bits per heavy atom. The Kier molecular flexibility index (Phi) is 3.94. The number of aromatic nitrogens is 1. The van der Waals surface area contributed by atoms with Crippen molar-refractivity contribution < 1.29 is 0 Å². The molecule has 84 valence electrons. The summed E-state index contributed by atoms with van der Waals surface area (Å²) in [5, 5.41) is 0.674. The number of anilines is 1. The summed E-state index contributed by atoms with van der Waals surface area (Å²) in [6.07, 6.45) is 1.74. The standard InChI is InChI=1S/C11H18ClN3/c1-11(2,7-13)8-15(3)10-9(12)5-4-6-14-10/h4-6H,7-8,13H2,1-3H3. The normalized spacial score (nSPS) is 11.5. The zero-order valence-electron chi connectivity index (χ0n) is 9.50. The van der Waals surface area contributed by atoms with Gasteiger partial charge < -0.3 is 10.6 Å². The molecular weight excluding hydrogens is 210 g/mol. The molecule has 1 heterocycles.